The van der Waals surface area contributed by atoms with Gasteiger partial charge in [-0.25, -0.2) is 0 Å². The lowest BCUT2D eigenvalue weighted by molar-refractivity contribution is 0.198. The van der Waals surface area contributed by atoms with E-state index in [1.807, 2.05) is 24.3 Å². The first-order valence-corrected chi connectivity index (χ1v) is 7.27. The fourth-order valence-electron chi connectivity index (χ4n) is 2.72. The summed E-state index contributed by atoms with van der Waals surface area (Å²) >= 11 is 0. The lowest BCUT2D eigenvalue weighted by Crippen LogP contribution is -2.24. The van der Waals surface area contributed by atoms with Crippen molar-refractivity contribution in [2.75, 3.05) is 13.1 Å². The van der Waals surface area contributed by atoms with Crippen molar-refractivity contribution in [3.8, 4) is 11.8 Å². The van der Waals surface area contributed by atoms with Crippen LogP contribution >= 0.6 is 0 Å². The molecule has 0 saturated carbocycles. The molecule has 0 N–H and O–H groups in total. The monoisotopic (exact) mass is 278 g/mol. The normalized spacial score (nSPS) is 18.3. The maximum absolute atomic E-state index is 9.10. The number of rotatable bonds is 4. The summed E-state index contributed by atoms with van der Waals surface area (Å²) in [6.45, 7) is 2.91. The highest BCUT2D eigenvalue weighted by molar-refractivity contribution is 5.42. The highest BCUT2D eigenvalue weighted by atomic mass is 16.5. The Balaban J connectivity index is 1.59. The van der Waals surface area contributed by atoms with Gasteiger partial charge in [0, 0.05) is 19.6 Å². The summed E-state index contributed by atoms with van der Waals surface area (Å²) in [6.07, 6.45) is 1.18. The molecule has 0 amide bonds. The number of likely N-dealkylation sites (tertiary alicyclic amines) is 1. The molecular weight excluding hydrogens is 260 g/mol. The van der Waals surface area contributed by atoms with E-state index >= 15 is 0 Å². The van der Waals surface area contributed by atoms with Crippen LogP contribution in [0.5, 0.6) is 5.75 Å². The second kappa shape index (κ2) is 6.43. The van der Waals surface area contributed by atoms with Gasteiger partial charge in [-0.15, -0.1) is 0 Å². The third-order valence-electron chi connectivity index (χ3n) is 3.78. The summed E-state index contributed by atoms with van der Waals surface area (Å²) in [5.41, 5.74) is 1.94. The predicted molar refractivity (Wildman–Crippen MR) is 81.9 cm³/mol. The van der Waals surface area contributed by atoms with Gasteiger partial charge >= 0.3 is 0 Å². The minimum Gasteiger partial charge on any atom is -0.488 e. The number of hydrogen-bond donors (Lipinski definition) is 0. The first kappa shape index (κ1) is 13.7. The van der Waals surface area contributed by atoms with Crippen molar-refractivity contribution >= 4 is 0 Å². The van der Waals surface area contributed by atoms with Gasteiger partial charge in [0.1, 0.15) is 17.9 Å². The Morgan fingerprint density at radius 1 is 1.10 bits per heavy atom. The van der Waals surface area contributed by atoms with Crippen LogP contribution in [-0.2, 0) is 6.54 Å². The van der Waals surface area contributed by atoms with Gasteiger partial charge < -0.3 is 4.74 Å². The average Bonchev–Trinajstić information content (AvgIpc) is 2.96. The third kappa shape index (κ3) is 3.42. The Bertz CT molecular complexity index is 633. The van der Waals surface area contributed by atoms with Crippen LogP contribution in [0.4, 0.5) is 0 Å². The van der Waals surface area contributed by atoms with Crippen LogP contribution < -0.4 is 4.74 Å². The molecule has 1 aliphatic heterocycles. The van der Waals surface area contributed by atoms with Crippen molar-refractivity contribution in [2.45, 2.75) is 19.1 Å². The number of nitrogens with zero attached hydrogens (tertiary/aromatic N) is 2. The van der Waals surface area contributed by atoms with Gasteiger partial charge in [0.25, 0.3) is 0 Å². The largest absolute Gasteiger partial charge is 0.488 e. The van der Waals surface area contributed by atoms with Crippen molar-refractivity contribution in [1.29, 1.82) is 5.26 Å². The SMILES string of the molecule is N#Cc1ccccc1OC1CCN(Cc2ccccc2)C1. The number of para-hydroxylation sites is 1. The smallest absolute Gasteiger partial charge is 0.137 e. The molecule has 1 aliphatic rings. The van der Waals surface area contributed by atoms with E-state index in [4.69, 9.17) is 10.00 Å². The molecule has 1 unspecified atom stereocenters. The zero-order valence-electron chi connectivity index (χ0n) is 11.9. The van der Waals surface area contributed by atoms with Gasteiger partial charge in [0.15, 0.2) is 0 Å². The molecule has 2 aromatic rings. The Labute approximate surface area is 125 Å². The van der Waals surface area contributed by atoms with Crippen molar-refractivity contribution in [2.24, 2.45) is 0 Å². The van der Waals surface area contributed by atoms with Gasteiger partial charge in [0.2, 0.25) is 0 Å². The van der Waals surface area contributed by atoms with Crippen LogP contribution in [0.1, 0.15) is 17.5 Å². The molecule has 0 spiro atoms. The van der Waals surface area contributed by atoms with Crippen LogP contribution in [0.25, 0.3) is 0 Å². The van der Waals surface area contributed by atoms with Crippen LogP contribution in [0.2, 0.25) is 0 Å². The maximum atomic E-state index is 9.10. The van der Waals surface area contributed by atoms with Crippen LogP contribution in [0.3, 0.4) is 0 Å². The molecule has 0 aromatic heterocycles. The number of ether oxygens (including phenoxy) is 1. The summed E-state index contributed by atoms with van der Waals surface area (Å²) in [5.74, 6) is 0.701. The fourth-order valence-corrected chi connectivity index (χ4v) is 2.72. The molecule has 3 nitrogen and oxygen atoms in total. The fraction of sp³-hybridized carbons (Fsp3) is 0.278. The Morgan fingerprint density at radius 2 is 1.86 bits per heavy atom. The zero-order chi connectivity index (χ0) is 14.5. The Hall–Kier alpha value is -2.31. The van der Waals surface area contributed by atoms with Crippen LogP contribution in [0, 0.1) is 11.3 Å². The second-order valence-electron chi connectivity index (χ2n) is 5.36. The van der Waals surface area contributed by atoms with Gasteiger partial charge in [0.05, 0.1) is 5.56 Å². The summed E-state index contributed by atoms with van der Waals surface area (Å²) in [6, 6.07) is 20.1. The molecule has 1 saturated heterocycles. The van der Waals surface area contributed by atoms with Gasteiger partial charge in [-0.1, -0.05) is 42.5 Å². The molecular formula is C18H18N2O. The second-order valence-corrected chi connectivity index (χ2v) is 5.36. The summed E-state index contributed by atoms with van der Waals surface area (Å²) in [7, 11) is 0. The van der Waals surface area contributed by atoms with E-state index in [9.17, 15) is 0 Å². The van der Waals surface area contributed by atoms with E-state index < -0.39 is 0 Å². The molecule has 1 atom stereocenters. The molecule has 21 heavy (non-hydrogen) atoms. The highest BCUT2D eigenvalue weighted by Gasteiger charge is 2.24. The van der Waals surface area contributed by atoms with Crippen LogP contribution in [0.15, 0.2) is 54.6 Å². The predicted octanol–water partition coefficient (Wildman–Crippen LogP) is 3.21. The van der Waals surface area contributed by atoms with E-state index in [0.717, 1.165) is 26.1 Å². The van der Waals surface area contributed by atoms with Gasteiger partial charge in [-0.2, -0.15) is 5.26 Å². The molecule has 0 radical (unpaired) electrons. The summed E-state index contributed by atoms with van der Waals surface area (Å²) in [5, 5.41) is 9.10. The van der Waals surface area contributed by atoms with Crippen molar-refractivity contribution in [3.05, 3.63) is 65.7 Å². The lowest BCUT2D eigenvalue weighted by atomic mass is 10.2. The van der Waals surface area contributed by atoms with Gasteiger partial charge in [-0.05, 0) is 24.1 Å². The number of nitriles is 1. The first-order valence-electron chi connectivity index (χ1n) is 7.27. The first-order chi connectivity index (χ1) is 10.3. The molecule has 1 fully saturated rings. The van der Waals surface area contributed by atoms with Crippen LogP contribution in [-0.4, -0.2) is 24.1 Å². The topological polar surface area (TPSA) is 36.3 Å². The number of hydrogen-bond acceptors (Lipinski definition) is 3. The van der Waals surface area contributed by atoms with Crippen molar-refractivity contribution in [1.82, 2.24) is 4.90 Å². The lowest BCUT2D eigenvalue weighted by Gasteiger charge is -2.17. The highest BCUT2D eigenvalue weighted by Crippen LogP contribution is 2.22. The average molecular weight is 278 g/mol. The van der Waals surface area contributed by atoms with E-state index in [0.29, 0.717) is 11.3 Å². The van der Waals surface area contributed by atoms with E-state index in [1.54, 1.807) is 6.07 Å². The molecule has 3 rings (SSSR count). The minimum absolute atomic E-state index is 0.170. The van der Waals surface area contributed by atoms with Crippen molar-refractivity contribution < 1.29 is 4.74 Å². The quantitative estimate of drug-likeness (QED) is 0.861. The molecule has 2 aromatic carbocycles. The minimum atomic E-state index is 0.170. The van der Waals surface area contributed by atoms with Crippen molar-refractivity contribution in [3.63, 3.8) is 0 Å². The molecule has 106 valence electrons. The Kier molecular flexibility index (Phi) is 4.18. The molecule has 1 heterocycles. The third-order valence-corrected chi connectivity index (χ3v) is 3.78. The maximum Gasteiger partial charge on any atom is 0.137 e. The van der Waals surface area contributed by atoms with Gasteiger partial charge in [-0.3, -0.25) is 4.90 Å². The van der Waals surface area contributed by atoms with E-state index in [2.05, 4.69) is 35.2 Å². The van der Waals surface area contributed by atoms with E-state index in [-0.39, 0.29) is 6.10 Å². The Morgan fingerprint density at radius 3 is 2.67 bits per heavy atom. The summed E-state index contributed by atoms with van der Waals surface area (Å²) < 4.78 is 6.00. The number of benzene rings is 2. The zero-order valence-corrected chi connectivity index (χ0v) is 11.9. The standard InChI is InChI=1S/C18H18N2O/c19-12-16-8-4-5-9-18(16)21-17-10-11-20(14-17)13-15-6-2-1-3-7-15/h1-9,17H,10-11,13-14H2. The van der Waals surface area contributed by atoms with E-state index in [1.165, 1.54) is 5.56 Å². The molecule has 0 aliphatic carbocycles. The molecule has 3 heteroatoms. The molecule has 0 bridgehead atoms. The summed E-state index contributed by atoms with van der Waals surface area (Å²) in [4.78, 5) is 2.40.